The number of nitrogens with zero attached hydrogens (tertiary/aromatic N) is 1. The maximum absolute atomic E-state index is 14.7. The summed E-state index contributed by atoms with van der Waals surface area (Å²) in [5.74, 6) is -20.3. The Morgan fingerprint density at radius 1 is 0.504 bits per heavy atom. The van der Waals surface area contributed by atoms with Gasteiger partial charge < -0.3 is 155 Å². The van der Waals surface area contributed by atoms with E-state index in [0.717, 1.165) is 11.8 Å². The number of benzene rings is 2. The number of carboxylic acids is 1. The number of likely N-dealkylation sites (tertiary alicyclic amines) is 1. The predicted octanol–water partition coefficient (Wildman–Crippen LogP) is -9.91. The molecule has 1 heterocycles. The third-order valence-electron chi connectivity index (χ3n) is 20.9. The molecule has 2 aromatic carbocycles. The number of β-amino-alcohol motifs (C(OH)–C–C–N with tert-alkyl or cyclic N) is 1. The normalized spacial score (nSPS) is 17.1. The first-order chi connectivity index (χ1) is 60.6. The average Bonchev–Trinajstić information content (AvgIpc) is 1.51. The first kappa shape index (κ1) is 112. The van der Waals surface area contributed by atoms with Gasteiger partial charge in [-0.3, -0.25) is 82.1 Å². The van der Waals surface area contributed by atoms with Gasteiger partial charge >= 0.3 is 5.97 Å². The number of phenolic OH excluding ortho intramolecular Hbond substituents is 2. The number of carbonyl (C=O) groups excluding carboxylic acids is 16. The van der Waals surface area contributed by atoms with E-state index in [9.17, 15) is 112 Å². The molecular weight excluding hydrogens is 1730 g/mol. The highest BCUT2D eigenvalue weighted by molar-refractivity contribution is 7.81. The summed E-state index contributed by atoms with van der Waals surface area (Å²) in [6, 6.07) is -14.6. The fraction of sp³-hybridized carbons (Fsp3) is 0.625. The number of aromatic hydroxyl groups is 2. The van der Waals surface area contributed by atoms with E-state index in [1.807, 2.05) is 0 Å². The molecular formula is C80H132N24O23S2. The number of carboxylic acid groups (broad SMARTS) is 1. The number of unbranched alkanes of at least 4 members (excludes halogenated alkanes) is 1. The quantitative estimate of drug-likeness (QED) is 0.0127. The molecule has 0 unspecified atom stereocenters. The standard InChI is InChI=1S/C80H132N24O23S2/c1-9-39(4)60(101-73(121)57-33-46(109)35-104(57)77(125)59(86)38(2)3)74(122)103-62(80(7,8)129)76(124)97-52(31-42-15-19-44(107)20-16-42)69(117)99-55(36-105)71(119)96-53(34-58(85)110)70(118)93-48(14-12-30-89-79(87)88)65(113)94-51(25-29-84)68(116)102-61(41(6)106)75(123)95-50(24-28-83)66(114)92-47(13-10-11-26-81)64(112)90-40(5)63(111)91-49(23-27-82)67(115)100-56(37-128)72(120)98-54(78(126)127)32-43-17-21-45(108)22-18-43/h15-22,38-41,46-57,59-62,105-109,128-129H,9-14,23-37,81-84,86H2,1-8H3,(H2,85,110)(H,90,112)(H,91,111)(H,92,114)(H,93,118)(H,94,113)(H,95,123)(H,96,119)(H,97,124)(H,98,120)(H,99,117)(H,100,115)(H,101,121)(H,102,116)(H,103,122)(H,126,127)(H4,87,88,89)/t39-,40-,41+,46+,47-,48-,49-,50+,51-,52-,53-,54-,55-,56-,57-,59-,60-,61-,62+/m0/s1. The summed E-state index contributed by atoms with van der Waals surface area (Å²) >= 11 is 8.77. The van der Waals surface area contributed by atoms with Crippen LogP contribution in [0.25, 0.3) is 0 Å². The van der Waals surface area contributed by atoms with E-state index in [1.54, 1.807) is 27.7 Å². The number of aliphatic hydroxyl groups is 3. The van der Waals surface area contributed by atoms with Gasteiger partial charge in [0.2, 0.25) is 94.5 Å². The largest absolute Gasteiger partial charge is 0.508 e. The number of nitrogens with two attached hydrogens (primary N) is 7. The molecule has 1 aliphatic rings. The van der Waals surface area contributed by atoms with Gasteiger partial charge in [0, 0.05) is 42.9 Å². The van der Waals surface area contributed by atoms with Gasteiger partial charge in [-0.15, -0.1) is 0 Å². The summed E-state index contributed by atoms with van der Waals surface area (Å²) in [6.07, 6.45) is -5.41. The lowest BCUT2D eigenvalue weighted by Gasteiger charge is -2.34. The molecule has 0 aliphatic carbocycles. The maximum atomic E-state index is 14.7. The van der Waals surface area contributed by atoms with Crippen LogP contribution >= 0.6 is 25.3 Å². The molecule has 722 valence electrons. The Bertz CT molecular complexity index is 4140. The maximum Gasteiger partial charge on any atom is 0.326 e. The molecule has 0 spiro atoms. The first-order valence-electron chi connectivity index (χ1n) is 42.2. The SMILES string of the molecule is CC[C@H](C)[C@H](NC(=O)[C@@H]1C[C@@H](O)CN1C(=O)[C@@H](N)C(C)C)C(=O)N[C@H](C(=O)N[C@@H](Cc1ccc(O)cc1)C(=O)N[C@@H](CO)C(=O)N[C@@H](CC(N)=O)C(=O)N[C@@H](CCCNC(=N)N)C(=O)N[C@@H](CCN)C(=O)N[C@H](C(=O)N[C@H](CCN)C(=O)N[C@@H](CCCCN)C(=O)N[C@@H](C)C(=O)N[C@@H](CCN)C(=O)N[C@@H](CS)C(=O)N[C@@H](Cc1ccc(O)cc1)C(=O)O)[C@@H](C)O)C(C)(C)S. The summed E-state index contributed by atoms with van der Waals surface area (Å²) in [7, 11) is 0. The molecule has 129 heavy (non-hydrogen) atoms. The molecule has 49 heteroatoms. The van der Waals surface area contributed by atoms with E-state index >= 15 is 0 Å². The summed E-state index contributed by atoms with van der Waals surface area (Å²) in [4.78, 5) is 238. The summed E-state index contributed by atoms with van der Waals surface area (Å²) in [5, 5.41) is 106. The zero-order valence-corrected chi connectivity index (χ0v) is 75.3. The highest BCUT2D eigenvalue weighted by atomic mass is 32.1. The van der Waals surface area contributed by atoms with Crippen LogP contribution in [0.2, 0.25) is 0 Å². The Kier molecular flexibility index (Phi) is 48.2. The number of nitrogens with one attached hydrogen (secondary N) is 16. The minimum absolute atomic E-state index is 0.0790. The van der Waals surface area contributed by atoms with Gasteiger partial charge in [0.05, 0.1) is 31.3 Å². The third kappa shape index (κ3) is 37.7. The van der Waals surface area contributed by atoms with Crippen molar-refractivity contribution < 1.29 is 112 Å². The number of guanidine groups is 1. The molecule has 1 aliphatic heterocycles. The number of hydrogen-bond acceptors (Lipinski definition) is 30. The number of phenols is 2. The first-order valence-corrected chi connectivity index (χ1v) is 43.2. The number of primary amides is 1. The van der Waals surface area contributed by atoms with Crippen molar-refractivity contribution in [3.8, 4) is 11.5 Å². The number of thiol groups is 2. The van der Waals surface area contributed by atoms with Gasteiger partial charge in [-0.1, -0.05) is 58.4 Å². The number of aliphatic hydroxyl groups excluding tert-OH is 3. The average molecular weight is 1860 g/mol. The molecule has 2 aromatic rings. The Hall–Kier alpha value is -11.3. The molecule has 1 fully saturated rings. The van der Waals surface area contributed by atoms with Crippen molar-refractivity contribution in [2.75, 3.05) is 51.6 Å². The fourth-order valence-electron chi connectivity index (χ4n) is 13.1. The van der Waals surface area contributed by atoms with Crippen molar-refractivity contribution in [2.24, 2.45) is 52.0 Å². The van der Waals surface area contributed by atoms with Crippen LogP contribution in [0.3, 0.4) is 0 Å². The van der Waals surface area contributed by atoms with Crippen LogP contribution in [-0.2, 0) is 94.3 Å². The molecule has 36 N–H and O–H groups in total. The van der Waals surface area contributed by atoms with Gasteiger partial charge in [0.25, 0.3) is 0 Å². The summed E-state index contributed by atoms with van der Waals surface area (Å²) < 4.78 is -1.48. The number of hydrogen-bond donors (Lipinski definition) is 31. The third-order valence-corrected chi connectivity index (χ3v) is 21.5. The molecule has 0 bridgehead atoms. The monoisotopic (exact) mass is 1860 g/mol. The Morgan fingerprint density at radius 3 is 1.36 bits per heavy atom. The molecule has 0 aromatic heterocycles. The van der Waals surface area contributed by atoms with Crippen molar-refractivity contribution in [2.45, 2.75) is 252 Å². The summed E-state index contributed by atoms with van der Waals surface area (Å²) in [5.41, 5.74) is 41.3. The number of amides is 16. The predicted molar refractivity (Wildman–Crippen MR) is 475 cm³/mol. The lowest BCUT2D eigenvalue weighted by Crippen LogP contribution is -2.64. The van der Waals surface area contributed by atoms with Crippen molar-refractivity contribution in [3.05, 3.63) is 59.7 Å². The van der Waals surface area contributed by atoms with Gasteiger partial charge in [-0.25, -0.2) is 4.79 Å². The number of aliphatic carboxylic acids is 1. The van der Waals surface area contributed by atoms with Gasteiger partial charge in [0.1, 0.15) is 102 Å². The van der Waals surface area contributed by atoms with Crippen LogP contribution in [0.5, 0.6) is 11.5 Å². The van der Waals surface area contributed by atoms with E-state index < -0.39 is 252 Å². The van der Waals surface area contributed by atoms with Crippen LogP contribution in [0.15, 0.2) is 48.5 Å². The second-order valence-corrected chi connectivity index (χ2v) is 33.8. The lowest BCUT2D eigenvalue weighted by molar-refractivity contribution is -0.142. The van der Waals surface area contributed by atoms with E-state index in [1.165, 1.54) is 69.3 Å². The van der Waals surface area contributed by atoms with E-state index in [4.69, 9.17) is 45.5 Å². The van der Waals surface area contributed by atoms with Crippen molar-refractivity contribution in [3.63, 3.8) is 0 Å². The Labute approximate surface area is 757 Å². The van der Waals surface area contributed by atoms with Crippen LogP contribution in [0.4, 0.5) is 0 Å². The molecule has 47 nitrogen and oxygen atoms in total. The van der Waals surface area contributed by atoms with Gasteiger partial charge in [0.15, 0.2) is 5.96 Å². The van der Waals surface area contributed by atoms with Crippen molar-refractivity contribution >= 4 is 132 Å². The molecule has 16 amide bonds. The highest BCUT2D eigenvalue weighted by Crippen LogP contribution is 2.24. The van der Waals surface area contributed by atoms with Crippen molar-refractivity contribution in [1.29, 1.82) is 5.41 Å². The van der Waals surface area contributed by atoms with Crippen LogP contribution in [0.1, 0.15) is 137 Å². The molecule has 3 rings (SSSR count). The zero-order chi connectivity index (χ0) is 97.4. The van der Waals surface area contributed by atoms with Gasteiger partial charge in [-0.05, 0) is 152 Å². The zero-order valence-electron chi connectivity index (χ0n) is 73.5. The lowest BCUT2D eigenvalue weighted by atomic mass is 9.95. The second kappa shape index (κ2) is 55.5. The minimum atomic E-state index is -2.04. The Morgan fingerprint density at radius 2 is 0.907 bits per heavy atom. The number of carbonyl (C=O) groups is 17. The molecule has 19 atom stereocenters. The Balaban J connectivity index is 1.88. The minimum Gasteiger partial charge on any atom is -0.508 e. The smallest absolute Gasteiger partial charge is 0.326 e. The topological polar surface area (TPSA) is 801 Å². The molecule has 0 radical (unpaired) electrons. The molecule has 1 saturated heterocycles. The second-order valence-electron chi connectivity index (χ2n) is 32.3. The van der Waals surface area contributed by atoms with Crippen LogP contribution in [-0.4, -0.2) is 307 Å². The van der Waals surface area contributed by atoms with E-state index in [2.05, 4.69) is 105 Å². The van der Waals surface area contributed by atoms with Crippen molar-refractivity contribution in [1.82, 2.24) is 84.7 Å². The van der Waals surface area contributed by atoms with Crippen LogP contribution < -0.4 is 120 Å². The number of rotatable bonds is 57. The molecule has 0 saturated carbocycles. The van der Waals surface area contributed by atoms with Crippen LogP contribution in [0, 0.1) is 17.2 Å². The van der Waals surface area contributed by atoms with Gasteiger partial charge in [-0.2, -0.15) is 25.3 Å². The summed E-state index contributed by atoms with van der Waals surface area (Å²) in [6.45, 7) is 9.71. The van der Waals surface area contributed by atoms with E-state index in [-0.39, 0.29) is 114 Å². The fourth-order valence-corrected chi connectivity index (χ4v) is 13.5. The highest BCUT2D eigenvalue weighted by Gasteiger charge is 2.45. The van der Waals surface area contributed by atoms with E-state index in [0.29, 0.717) is 24.0 Å².